The Morgan fingerprint density at radius 3 is 1.77 bits per heavy atom. The molecule has 0 unspecified atom stereocenters. The van der Waals surface area contributed by atoms with Crippen molar-refractivity contribution in [2.75, 3.05) is 7.11 Å². The molecule has 0 spiro atoms. The zero-order chi connectivity index (χ0) is 25.4. The molecule has 0 fully saturated rings. The van der Waals surface area contributed by atoms with Gasteiger partial charge < -0.3 is 14.2 Å². The second kappa shape index (κ2) is 12.0. The standard InChI is InChI=1S/C29H31NO5/c1-19(2)27(20(3)4)35-29(32)22-8-12-24(13-9-22)30-18-21-6-14-26(15-7-21)34-28(31)23-10-16-25(33-5)17-11-23/h6-20,27H,1-5H3. The van der Waals surface area contributed by atoms with Gasteiger partial charge in [-0.2, -0.15) is 0 Å². The fraction of sp³-hybridized carbons (Fsp3) is 0.276. The molecule has 3 aromatic carbocycles. The lowest BCUT2D eigenvalue weighted by atomic mass is 9.96. The summed E-state index contributed by atoms with van der Waals surface area (Å²) in [6.45, 7) is 8.20. The van der Waals surface area contributed by atoms with Crippen LogP contribution in [0.15, 0.2) is 77.8 Å². The Morgan fingerprint density at radius 2 is 1.23 bits per heavy atom. The van der Waals surface area contributed by atoms with Crippen LogP contribution in [0.1, 0.15) is 54.0 Å². The highest BCUT2D eigenvalue weighted by atomic mass is 16.5. The summed E-state index contributed by atoms with van der Waals surface area (Å²) in [5, 5.41) is 0. The fourth-order valence-corrected chi connectivity index (χ4v) is 3.58. The fourth-order valence-electron chi connectivity index (χ4n) is 3.58. The van der Waals surface area contributed by atoms with Gasteiger partial charge in [-0.3, -0.25) is 4.99 Å². The van der Waals surface area contributed by atoms with Crippen molar-refractivity contribution in [1.82, 2.24) is 0 Å². The summed E-state index contributed by atoms with van der Waals surface area (Å²) in [4.78, 5) is 29.2. The van der Waals surface area contributed by atoms with Crippen molar-refractivity contribution in [3.8, 4) is 11.5 Å². The summed E-state index contributed by atoms with van der Waals surface area (Å²) < 4.78 is 16.2. The predicted octanol–water partition coefficient (Wildman–Crippen LogP) is 6.50. The summed E-state index contributed by atoms with van der Waals surface area (Å²) in [5.41, 5.74) is 2.49. The number of methoxy groups -OCH3 is 1. The minimum atomic E-state index is -0.444. The van der Waals surface area contributed by atoms with Gasteiger partial charge in [0.1, 0.15) is 17.6 Å². The molecule has 0 amide bonds. The van der Waals surface area contributed by atoms with E-state index >= 15 is 0 Å². The highest BCUT2D eigenvalue weighted by molar-refractivity contribution is 5.91. The van der Waals surface area contributed by atoms with E-state index in [0.29, 0.717) is 28.3 Å². The molecule has 0 N–H and O–H groups in total. The van der Waals surface area contributed by atoms with Crippen LogP contribution in [-0.4, -0.2) is 31.4 Å². The van der Waals surface area contributed by atoms with Gasteiger partial charge in [0.2, 0.25) is 0 Å². The van der Waals surface area contributed by atoms with Crippen LogP contribution in [0.4, 0.5) is 5.69 Å². The summed E-state index contributed by atoms with van der Waals surface area (Å²) >= 11 is 0. The number of ether oxygens (including phenoxy) is 3. The maximum absolute atomic E-state index is 12.5. The highest BCUT2D eigenvalue weighted by Crippen LogP contribution is 2.20. The van der Waals surface area contributed by atoms with E-state index in [1.807, 2.05) is 39.8 Å². The van der Waals surface area contributed by atoms with E-state index in [2.05, 4.69) is 4.99 Å². The quantitative estimate of drug-likeness (QED) is 0.201. The number of nitrogens with zero attached hydrogens (tertiary/aromatic N) is 1. The third kappa shape index (κ3) is 7.27. The molecule has 0 aliphatic heterocycles. The maximum Gasteiger partial charge on any atom is 0.343 e. The van der Waals surface area contributed by atoms with E-state index in [1.54, 1.807) is 74.0 Å². The first-order valence-corrected chi connectivity index (χ1v) is 11.6. The topological polar surface area (TPSA) is 74.2 Å². The van der Waals surface area contributed by atoms with Crippen LogP contribution in [0, 0.1) is 11.8 Å². The van der Waals surface area contributed by atoms with Crippen molar-refractivity contribution in [2.45, 2.75) is 33.8 Å². The van der Waals surface area contributed by atoms with Gasteiger partial charge in [-0.1, -0.05) is 27.7 Å². The van der Waals surface area contributed by atoms with E-state index in [9.17, 15) is 9.59 Å². The molecule has 0 aromatic heterocycles. The van der Waals surface area contributed by atoms with Crippen LogP contribution < -0.4 is 9.47 Å². The molecule has 0 saturated carbocycles. The number of carbonyl (C=O) groups is 2. The first-order chi connectivity index (χ1) is 16.8. The van der Waals surface area contributed by atoms with Crippen LogP contribution in [0.3, 0.4) is 0 Å². The van der Waals surface area contributed by atoms with Crippen LogP contribution in [0.2, 0.25) is 0 Å². The van der Waals surface area contributed by atoms with Crippen molar-refractivity contribution >= 4 is 23.8 Å². The summed E-state index contributed by atoms with van der Waals surface area (Å²) in [6.07, 6.45) is 1.58. The van der Waals surface area contributed by atoms with E-state index in [0.717, 1.165) is 5.56 Å². The van der Waals surface area contributed by atoms with Gasteiger partial charge in [-0.15, -0.1) is 0 Å². The number of hydrogen-bond donors (Lipinski definition) is 0. The van der Waals surface area contributed by atoms with Crippen LogP contribution in [0.5, 0.6) is 11.5 Å². The molecule has 0 aliphatic rings. The van der Waals surface area contributed by atoms with E-state index in [1.165, 1.54) is 0 Å². The van der Waals surface area contributed by atoms with Gasteiger partial charge in [-0.25, -0.2) is 9.59 Å². The maximum atomic E-state index is 12.5. The number of aliphatic imine (C=N–C) groups is 1. The van der Waals surface area contributed by atoms with Gasteiger partial charge in [0.25, 0.3) is 0 Å². The monoisotopic (exact) mass is 473 g/mol. The molecule has 0 bridgehead atoms. The van der Waals surface area contributed by atoms with Gasteiger partial charge in [-0.05, 0) is 90.2 Å². The largest absolute Gasteiger partial charge is 0.497 e. The number of benzene rings is 3. The molecule has 0 atom stereocenters. The molecule has 0 radical (unpaired) electrons. The molecule has 35 heavy (non-hydrogen) atoms. The summed E-state index contributed by atoms with van der Waals surface area (Å²) in [7, 11) is 1.57. The molecule has 3 aromatic rings. The van der Waals surface area contributed by atoms with Gasteiger partial charge in [0, 0.05) is 6.21 Å². The van der Waals surface area contributed by atoms with E-state index < -0.39 is 5.97 Å². The SMILES string of the molecule is COc1ccc(C(=O)Oc2ccc(C=Nc3ccc(C(=O)OC(C(C)C)C(C)C)cc3)cc2)cc1. The zero-order valence-electron chi connectivity index (χ0n) is 20.7. The lowest BCUT2D eigenvalue weighted by Gasteiger charge is -2.24. The van der Waals surface area contributed by atoms with Crippen molar-refractivity contribution in [1.29, 1.82) is 0 Å². The summed E-state index contributed by atoms with van der Waals surface area (Å²) in [5.74, 6) is 0.839. The number of carbonyl (C=O) groups excluding carboxylic acids is 2. The van der Waals surface area contributed by atoms with Crippen molar-refractivity contribution in [2.24, 2.45) is 16.8 Å². The molecular weight excluding hydrogens is 442 g/mol. The third-order valence-electron chi connectivity index (χ3n) is 5.44. The second-order valence-corrected chi connectivity index (χ2v) is 8.85. The normalized spacial score (nSPS) is 11.3. The first kappa shape index (κ1) is 25.7. The molecule has 6 heteroatoms. The Hall–Kier alpha value is -3.93. The Labute approximate surface area is 206 Å². The molecule has 0 aliphatic carbocycles. The summed E-state index contributed by atoms with van der Waals surface area (Å²) in [6, 6.07) is 20.7. The van der Waals surface area contributed by atoms with Gasteiger partial charge >= 0.3 is 11.9 Å². The minimum Gasteiger partial charge on any atom is -0.497 e. The number of hydrogen-bond acceptors (Lipinski definition) is 6. The van der Waals surface area contributed by atoms with E-state index in [-0.39, 0.29) is 23.9 Å². The Morgan fingerprint density at radius 1 is 0.714 bits per heavy atom. The number of rotatable bonds is 9. The van der Waals surface area contributed by atoms with Crippen molar-refractivity contribution in [3.63, 3.8) is 0 Å². The van der Waals surface area contributed by atoms with Crippen LogP contribution in [-0.2, 0) is 4.74 Å². The molecule has 6 nitrogen and oxygen atoms in total. The van der Waals surface area contributed by atoms with Crippen molar-refractivity contribution in [3.05, 3.63) is 89.5 Å². The molecule has 0 heterocycles. The average molecular weight is 474 g/mol. The number of esters is 2. The smallest absolute Gasteiger partial charge is 0.343 e. The third-order valence-corrected chi connectivity index (χ3v) is 5.44. The van der Waals surface area contributed by atoms with Crippen LogP contribution in [0.25, 0.3) is 0 Å². The Balaban J connectivity index is 1.57. The van der Waals surface area contributed by atoms with E-state index in [4.69, 9.17) is 14.2 Å². The minimum absolute atomic E-state index is 0.126. The highest BCUT2D eigenvalue weighted by Gasteiger charge is 2.22. The Bertz CT molecular complexity index is 1140. The lowest BCUT2D eigenvalue weighted by molar-refractivity contribution is 0.00323. The zero-order valence-corrected chi connectivity index (χ0v) is 20.7. The molecule has 0 saturated heterocycles. The molecule has 182 valence electrons. The Kier molecular flexibility index (Phi) is 8.79. The van der Waals surface area contributed by atoms with Gasteiger partial charge in [0.15, 0.2) is 0 Å². The van der Waals surface area contributed by atoms with Gasteiger partial charge in [0.05, 0.1) is 23.9 Å². The molecular formula is C29H31NO5. The first-order valence-electron chi connectivity index (χ1n) is 11.6. The van der Waals surface area contributed by atoms with Crippen molar-refractivity contribution < 1.29 is 23.8 Å². The predicted molar refractivity (Wildman–Crippen MR) is 137 cm³/mol. The molecule has 3 rings (SSSR count). The average Bonchev–Trinajstić information content (AvgIpc) is 2.86. The van der Waals surface area contributed by atoms with Crippen LogP contribution >= 0.6 is 0 Å². The second-order valence-electron chi connectivity index (χ2n) is 8.85. The lowest BCUT2D eigenvalue weighted by Crippen LogP contribution is -2.28.